The van der Waals surface area contributed by atoms with Gasteiger partial charge in [-0.15, -0.1) is 0 Å². The van der Waals surface area contributed by atoms with Crippen LogP contribution in [0.2, 0.25) is 0 Å². The lowest BCUT2D eigenvalue weighted by atomic mass is 9.74. The molecule has 8 aromatic carbocycles. The first-order valence-corrected chi connectivity index (χ1v) is 19.9. The van der Waals surface area contributed by atoms with E-state index in [1.807, 2.05) is 0 Å². The first-order chi connectivity index (χ1) is 27.8. The zero-order valence-electron chi connectivity index (χ0n) is 32.8. The van der Waals surface area contributed by atoms with Gasteiger partial charge >= 0.3 is 7.12 Å². The maximum Gasteiger partial charge on any atom is 0.494 e. The highest BCUT2D eigenvalue weighted by Crippen LogP contribution is 2.49. The summed E-state index contributed by atoms with van der Waals surface area (Å²) in [5.74, 6) is 0. The van der Waals surface area contributed by atoms with Gasteiger partial charge in [-0.1, -0.05) is 188 Å². The molecule has 0 saturated carbocycles. The minimum absolute atomic E-state index is 0.370. The fourth-order valence-corrected chi connectivity index (χ4v) is 8.82. The molecule has 3 aliphatic rings. The average Bonchev–Trinajstić information content (AvgIpc) is 3.48. The Labute approximate surface area is 336 Å². The van der Waals surface area contributed by atoms with E-state index in [1.54, 1.807) is 0 Å². The van der Waals surface area contributed by atoms with Gasteiger partial charge in [-0.05, 0) is 122 Å². The molecule has 1 saturated heterocycles. The first kappa shape index (κ1) is 35.2. The van der Waals surface area contributed by atoms with E-state index in [2.05, 4.69) is 216 Å². The van der Waals surface area contributed by atoms with Gasteiger partial charge in [0.25, 0.3) is 0 Å². The van der Waals surface area contributed by atoms with E-state index >= 15 is 0 Å². The molecule has 2 aliphatic carbocycles. The second kappa shape index (κ2) is 13.7. The first-order valence-electron chi connectivity index (χ1n) is 19.9. The highest BCUT2D eigenvalue weighted by Gasteiger charge is 2.51. The number of hydrogen-bond donors (Lipinski definition) is 0. The highest BCUT2D eigenvalue weighted by atomic mass is 16.7. The summed E-state index contributed by atoms with van der Waals surface area (Å²) in [6.45, 7) is 8.40. The molecule has 0 spiro atoms. The van der Waals surface area contributed by atoms with Crippen molar-refractivity contribution in [2.75, 3.05) is 0 Å². The van der Waals surface area contributed by atoms with Crippen LogP contribution >= 0.6 is 0 Å². The van der Waals surface area contributed by atoms with Gasteiger partial charge in [-0.25, -0.2) is 0 Å². The Morgan fingerprint density at radius 3 is 0.684 bits per heavy atom. The van der Waals surface area contributed by atoms with Crippen LogP contribution in [0.15, 0.2) is 188 Å². The van der Waals surface area contributed by atoms with Gasteiger partial charge in [-0.3, -0.25) is 0 Å². The number of fused-ring (bicyclic) bond motifs is 16. The van der Waals surface area contributed by atoms with Crippen LogP contribution in [0.1, 0.15) is 27.7 Å². The monoisotopic (exact) mass is 734 g/mol. The van der Waals surface area contributed by atoms with Crippen LogP contribution in [0.25, 0.3) is 89.0 Å². The number of hydrogen-bond acceptors (Lipinski definition) is 2. The van der Waals surface area contributed by atoms with Gasteiger partial charge in [0.1, 0.15) is 0 Å². The van der Waals surface area contributed by atoms with Crippen molar-refractivity contribution in [2.45, 2.75) is 38.9 Å². The Balaban J connectivity index is 0.000000146. The van der Waals surface area contributed by atoms with Crippen molar-refractivity contribution in [1.82, 2.24) is 0 Å². The predicted octanol–water partition coefficient (Wildman–Crippen LogP) is 13.6. The molecule has 274 valence electrons. The van der Waals surface area contributed by atoms with Crippen LogP contribution < -0.4 is 5.46 Å². The molecule has 1 heterocycles. The lowest BCUT2D eigenvalue weighted by molar-refractivity contribution is 0.00578. The van der Waals surface area contributed by atoms with E-state index in [1.165, 1.54) is 89.0 Å². The Morgan fingerprint density at radius 2 is 0.456 bits per heavy atom. The summed E-state index contributed by atoms with van der Waals surface area (Å²) < 4.78 is 12.8. The summed E-state index contributed by atoms with van der Waals surface area (Å²) in [5, 5.41) is 0. The molecule has 57 heavy (non-hydrogen) atoms. The van der Waals surface area contributed by atoms with Crippen LogP contribution in [0.4, 0.5) is 0 Å². The van der Waals surface area contributed by atoms with Crippen molar-refractivity contribution in [2.24, 2.45) is 0 Å². The van der Waals surface area contributed by atoms with E-state index in [9.17, 15) is 0 Å². The lowest BCUT2D eigenvalue weighted by Crippen LogP contribution is -2.41. The third-order valence-corrected chi connectivity index (χ3v) is 12.4. The van der Waals surface area contributed by atoms with Gasteiger partial charge in [0, 0.05) is 0 Å². The van der Waals surface area contributed by atoms with Gasteiger partial charge in [0.15, 0.2) is 0 Å². The van der Waals surface area contributed by atoms with Crippen LogP contribution in [0.5, 0.6) is 0 Å². The standard InChI is InChI=1S/C30H27BO2.C24H16/c1-29(2)30(3,4)33-31(32-29)20-17-18-27-25-15-8-7-13-23(25)21-11-5-6-12-22(21)24-14-9-10-16-26(24)28(27)19-20;1-2-10-18-17(9-1)19-11-3-4-13-21(19)23-15-7-8-16-24(23)22-14-6-5-12-20(18)22/h5-19H,1-4H3;1-16H. The molecule has 0 amide bonds. The highest BCUT2D eigenvalue weighted by molar-refractivity contribution is 6.62. The van der Waals surface area contributed by atoms with Crippen LogP contribution in [0.3, 0.4) is 0 Å². The number of benzene rings is 8. The van der Waals surface area contributed by atoms with E-state index in [-0.39, 0.29) is 18.3 Å². The fourth-order valence-electron chi connectivity index (χ4n) is 8.82. The Kier molecular flexibility index (Phi) is 8.48. The molecule has 3 heteroatoms. The molecule has 0 bridgehead atoms. The zero-order valence-corrected chi connectivity index (χ0v) is 32.8. The van der Waals surface area contributed by atoms with Crippen molar-refractivity contribution in [3.63, 3.8) is 0 Å². The van der Waals surface area contributed by atoms with Gasteiger partial charge in [0.05, 0.1) is 11.2 Å². The molecule has 8 aromatic rings. The third-order valence-electron chi connectivity index (χ3n) is 12.4. The molecule has 2 nitrogen and oxygen atoms in total. The molecule has 0 unspecified atom stereocenters. The fraction of sp³-hybridized carbons (Fsp3) is 0.111. The van der Waals surface area contributed by atoms with Crippen LogP contribution in [-0.4, -0.2) is 18.3 Å². The van der Waals surface area contributed by atoms with E-state index < -0.39 is 0 Å². The largest absolute Gasteiger partial charge is 0.494 e. The molecule has 0 radical (unpaired) electrons. The second-order valence-corrected chi connectivity index (χ2v) is 16.2. The molecule has 11 rings (SSSR count). The smallest absolute Gasteiger partial charge is 0.399 e. The third kappa shape index (κ3) is 5.89. The minimum Gasteiger partial charge on any atom is -0.399 e. The molecular formula is C54H43BO2. The maximum atomic E-state index is 6.39. The quantitative estimate of drug-likeness (QED) is 0.156. The van der Waals surface area contributed by atoms with Crippen molar-refractivity contribution < 1.29 is 9.31 Å². The normalized spacial score (nSPS) is 14.8. The van der Waals surface area contributed by atoms with Gasteiger partial charge in [0.2, 0.25) is 0 Å². The summed E-state index contributed by atoms with van der Waals surface area (Å²) >= 11 is 0. The summed E-state index contributed by atoms with van der Waals surface area (Å²) in [6, 6.07) is 67.7. The Morgan fingerprint density at radius 1 is 0.263 bits per heavy atom. The SMILES string of the molecule is CC1(C)OB(c2ccc3c(c2)-c2ccccc2-c2ccccc2-c2ccccc2-3)OC1(C)C.c1ccc2c(c1)-c1ccccc1-c1ccccc1-c1ccccc1-2. The van der Waals surface area contributed by atoms with Crippen molar-refractivity contribution in [3.8, 4) is 89.0 Å². The average molecular weight is 735 g/mol. The molecule has 0 aromatic heterocycles. The van der Waals surface area contributed by atoms with Crippen molar-refractivity contribution in [3.05, 3.63) is 188 Å². The van der Waals surface area contributed by atoms with Gasteiger partial charge < -0.3 is 9.31 Å². The van der Waals surface area contributed by atoms with Crippen LogP contribution in [-0.2, 0) is 9.31 Å². The second-order valence-electron chi connectivity index (χ2n) is 16.2. The van der Waals surface area contributed by atoms with E-state index in [4.69, 9.17) is 9.31 Å². The summed E-state index contributed by atoms with van der Waals surface area (Å²) in [6.07, 6.45) is 0. The minimum atomic E-state index is -0.388. The van der Waals surface area contributed by atoms with Crippen LogP contribution in [0, 0.1) is 0 Å². The Bertz CT molecular complexity index is 2520. The summed E-state index contributed by atoms with van der Waals surface area (Å²) in [5.41, 5.74) is 20.7. The zero-order chi connectivity index (χ0) is 38.7. The number of rotatable bonds is 1. The maximum absolute atomic E-state index is 6.39. The molecule has 1 aliphatic heterocycles. The topological polar surface area (TPSA) is 18.5 Å². The summed E-state index contributed by atoms with van der Waals surface area (Å²) in [7, 11) is -0.388. The molecule has 1 fully saturated rings. The van der Waals surface area contributed by atoms with Crippen molar-refractivity contribution in [1.29, 1.82) is 0 Å². The van der Waals surface area contributed by atoms with E-state index in [0.29, 0.717) is 0 Å². The van der Waals surface area contributed by atoms with Gasteiger partial charge in [-0.2, -0.15) is 0 Å². The molecular weight excluding hydrogens is 691 g/mol. The summed E-state index contributed by atoms with van der Waals surface area (Å²) in [4.78, 5) is 0. The molecule has 0 atom stereocenters. The molecule has 0 N–H and O–H groups in total. The predicted molar refractivity (Wildman–Crippen MR) is 239 cm³/mol. The van der Waals surface area contributed by atoms with Crippen molar-refractivity contribution >= 4 is 12.6 Å². The lowest BCUT2D eigenvalue weighted by Gasteiger charge is -2.32. The van der Waals surface area contributed by atoms with E-state index in [0.717, 1.165) is 5.46 Å². The Hall–Kier alpha value is -6.26.